The fourth-order valence-corrected chi connectivity index (χ4v) is 3.78. The summed E-state index contributed by atoms with van der Waals surface area (Å²) in [5.41, 5.74) is 1.15. The highest BCUT2D eigenvalue weighted by Gasteiger charge is 2.34. The fourth-order valence-electron chi connectivity index (χ4n) is 3.78. The molecule has 3 rings (SSSR count). The van der Waals surface area contributed by atoms with Gasteiger partial charge in [0, 0.05) is 6.42 Å². The van der Waals surface area contributed by atoms with Gasteiger partial charge in [-0.15, -0.1) is 0 Å². The largest absolute Gasteiger partial charge is 0.497 e. The van der Waals surface area contributed by atoms with Gasteiger partial charge in [0.15, 0.2) is 0 Å². The second-order valence-corrected chi connectivity index (χ2v) is 6.46. The van der Waals surface area contributed by atoms with Crippen molar-refractivity contribution in [2.45, 2.75) is 63.3 Å². The third kappa shape index (κ3) is 3.58. The highest BCUT2D eigenvalue weighted by molar-refractivity contribution is 5.28. The molecule has 0 bridgehead atoms. The molecule has 3 heteroatoms. The zero-order valence-corrected chi connectivity index (χ0v) is 12.8. The van der Waals surface area contributed by atoms with Gasteiger partial charge in [0.25, 0.3) is 0 Å². The van der Waals surface area contributed by atoms with E-state index in [0.717, 1.165) is 17.7 Å². The fraction of sp³-hybridized carbons (Fsp3) is 0.667. The van der Waals surface area contributed by atoms with Gasteiger partial charge in [0.1, 0.15) is 5.75 Å². The second kappa shape index (κ2) is 6.80. The Hall–Kier alpha value is -1.06. The Bertz CT molecular complexity index is 436. The van der Waals surface area contributed by atoms with E-state index < -0.39 is 0 Å². The van der Waals surface area contributed by atoms with Crippen molar-refractivity contribution in [3.05, 3.63) is 29.8 Å². The van der Waals surface area contributed by atoms with Crippen LogP contribution in [0.25, 0.3) is 0 Å². The van der Waals surface area contributed by atoms with Gasteiger partial charge in [-0.2, -0.15) is 0 Å². The average Bonchev–Trinajstić information content (AvgIpc) is 2.55. The van der Waals surface area contributed by atoms with Crippen molar-refractivity contribution in [3.8, 4) is 5.75 Å². The first kappa shape index (κ1) is 14.9. The molecule has 1 aliphatic heterocycles. The van der Waals surface area contributed by atoms with Crippen molar-refractivity contribution in [2.75, 3.05) is 7.11 Å². The van der Waals surface area contributed by atoms with Crippen LogP contribution in [0.4, 0.5) is 0 Å². The van der Waals surface area contributed by atoms with Crippen LogP contribution in [-0.4, -0.2) is 24.4 Å². The molecular formula is C18H26O3. The third-order valence-corrected chi connectivity index (χ3v) is 4.99. The summed E-state index contributed by atoms with van der Waals surface area (Å²) in [6.07, 6.45) is 8.01. The SMILES string of the molecule is COc1ccc(C2CC(O)CC(C3CCCCC3)O2)cc1. The first-order valence-corrected chi connectivity index (χ1v) is 8.23. The standard InChI is InChI=1S/C18H26O3/c1-20-16-9-7-14(8-10-16)18-12-15(19)11-17(21-18)13-5-3-2-4-6-13/h7-10,13,15,17-19H,2-6,11-12H2,1H3. The molecule has 3 atom stereocenters. The lowest BCUT2D eigenvalue weighted by atomic mass is 9.81. The summed E-state index contributed by atoms with van der Waals surface area (Å²) in [5, 5.41) is 10.2. The van der Waals surface area contributed by atoms with E-state index in [9.17, 15) is 5.11 Å². The monoisotopic (exact) mass is 290 g/mol. The van der Waals surface area contributed by atoms with Gasteiger partial charge >= 0.3 is 0 Å². The molecular weight excluding hydrogens is 264 g/mol. The minimum atomic E-state index is -0.238. The summed E-state index contributed by atoms with van der Waals surface area (Å²) in [7, 11) is 1.68. The summed E-state index contributed by atoms with van der Waals surface area (Å²) in [6, 6.07) is 8.05. The number of methoxy groups -OCH3 is 1. The van der Waals surface area contributed by atoms with Crippen molar-refractivity contribution in [1.82, 2.24) is 0 Å². The summed E-state index contributed by atoms with van der Waals surface area (Å²) >= 11 is 0. The summed E-state index contributed by atoms with van der Waals surface area (Å²) < 4.78 is 11.6. The molecule has 21 heavy (non-hydrogen) atoms. The molecule has 0 amide bonds. The van der Waals surface area contributed by atoms with E-state index in [2.05, 4.69) is 12.1 Å². The maximum Gasteiger partial charge on any atom is 0.118 e. The third-order valence-electron chi connectivity index (χ3n) is 4.99. The van der Waals surface area contributed by atoms with Crippen LogP contribution in [0.2, 0.25) is 0 Å². The van der Waals surface area contributed by atoms with Gasteiger partial charge in [-0.1, -0.05) is 31.4 Å². The van der Waals surface area contributed by atoms with Gasteiger partial charge < -0.3 is 14.6 Å². The van der Waals surface area contributed by atoms with Crippen LogP contribution >= 0.6 is 0 Å². The molecule has 1 aromatic carbocycles. The number of rotatable bonds is 3. The highest BCUT2D eigenvalue weighted by atomic mass is 16.5. The zero-order chi connectivity index (χ0) is 14.7. The van der Waals surface area contributed by atoms with Crippen LogP contribution in [0.5, 0.6) is 5.75 Å². The van der Waals surface area contributed by atoms with Crippen molar-refractivity contribution in [3.63, 3.8) is 0 Å². The predicted octanol–water partition coefficient (Wildman–Crippen LogP) is 3.86. The summed E-state index contributed by atoms with van der Waals surface area (Å²) in [5.74, 6) is 1.49. The lowest BCUT2D eigenvalue weighted by Gasteiger charge is -2.39. The molecule has 3 nitrogen and oxygen atoms in total. The Morgan fingerprint density at radius 2 is 1.76 bits per heavy atom. The van der Waals surface area contributed by atoms with Crippen LogP contribution in [0.15, 0.2) is 24.3 Å². The molecule has 1 N–H and O–H groups in total. The van der Waals surface area contributed by atoms with E-state index in [4.69, 9.17) is 9.47 Å². The first-order chi connectivity index (χ1) is 10.3. The normalized spacial score (nSPS) is 31.0. The molecule has 0 aromatic heterocycles. The molecule has 1 aliphatic carbocycles. The number of hydrogen-bond donors (Lipinski definition) is 1. The van der Waals surface area contributed by atoms with Crippen LogP contribution < -0.4 is 4.74 Å². The smallest absolute Gasteiger partial charge is 0.118 e. The number of hydrogen-bond acceptors (Lipinski definition) is 3. The molecule has 1 saturated heterocycles. The Kier molecular flexibility index (Phi) is 4.81. The van der Waals surface area contributed by atoms with Crippen LogP contribution in [0, 0.1) is 5.92 Å². The van der Waals surface area contributed by atoms with Gasteiger partial charge in [-0.3, -0.25) is 0 Å². The molecule has 0 radical (unpaired) electrons. The minimum Gasteiger partial charge on any atom is -0.497 e. The van der Waals surface area contributed by atoms with E-state index >= 15 is 0 Å². The van der Waals surface area contributed by atoms with Gasteiger partial charge in [-0.05, 0) is 42.9 Å². The van der Waals surface area contributed by atoms with Crippen molar-refractivity contribution >= 4 is 0 Å². The van der Waals surface area contributed by atoms with Crippen molar-refractivity contribution in [2.24, 2.45) is 5.92 Å². The maximum atomic E-state index is 10.2. The Labute approximate surface area is 127 Å². The number of benzene rings is 1. The second-order valence-electron chi connectivity index (χ2n) is 6.46. The van der Waals surface area contributed by atoms with E-state index in [1.807, 2.05) is 12.1 Å². The van der Waals surface area contributed by atoms with Gasteiger partial charge in [0.05, 0.1) is 25.4 Å². The lowest BCUT2D eigenvalue weighted by molar-refractivity contribution is -0.124. The number of ether oxygens (including phenoxy) is 2. The molecule has 1 saturated carbocycles. The Balaban J connectivity index is 1.69. The van der Waals surface area contributed by atoms with E-state index in [1.54, 1.807) is 7.11 Å². The number of aliphatic hydroxyl groups excluding tert-OH is 1. The van der Waals surface area contributed by atoms with E-state index in [1.165, 1.54) is 32.1 Å². The molecule has 0 spiro atoms. The Morgan fingerprint density at radius 3 is 2.43 bits per heavy atom. The predicted molar refractivity (Wildman–Crippen MR) is 82.4 cm³/mol. The molecule has 116 valence electrons. The molecule has 3 unspecified atom stereocenters. The molecule has 1 heterocycles. The number of aliphatic hydroxyl groups is 1. The maximum absolute atomic E-state index is 10.2. The summed E-state index contributed by atoms with van der Waals surface area (Å²) in [6.45, 7) is 0. The van der Waals surface area contributed by atoms with E-state index in [0.29, 0.717) is 12.3 Å². The topological polar surface area (TPSA) is 38.7 Å². The first-order valence-electron chi connectivity index (χ1n) is 8.23. The highest BCUT2D eigenvalue weighted by Crippen LogP contribution is 2.39. The van der Waals surface area contributed by atoms with E-state index in [-0.39, 0.29) is 18.3 Å². The van der Waals surface area contributed by atoms with Crippen LogP contribution in [-0.2, 0) is 4.74 Å². The van der Waals surface area contributed by atoms with Crippen LogP contribution in [0.1, 0.15) is 56.6 Å². The average molecular weight is 290 g/mol. The molecule has 1 aromatic rings. The van der Waals surface area contributed by atoms with Crippen molar-refractivity contribution in [1.29, 1.82) is 0 Å². The Morgan fingerprint density at radius 1 is 1.05 bits per heavy atom. The quantitative estimate of drug-likeness (QED) is 0.918. The summed E-state index contributed by atoms with van der Waals surface area (Å²) in [4.78, 5) is 0. The minimum absolute atomic E-state index is 0.0200. The van der Waals surface area contributed by atoms with Crippen molar-refractivity contribution < 1.29 is 14.6 Å². The zero-order valence-electron chi connectivity index (χ0n) is 12.8. The molecule has 2 fully saturated rings. The van der Waals surface area contributed by atoms with Gasteiger partial charge in [0.2, 0.25) is 0 Å². The lowest BCUT2D eigenvalue weighted by Crippen LogP contribution is -2.37. The molecule has 2 aliphatic rings. The van der Waals surface area contributed by atoms with Gasteiger partial charge in [-0.25, -0.2) is 0 Å². The van der Waals surface area contributed by atoms with Crippen LogP contribution in [0.3, 0.4) is 0 Å².